The zero-order valence-electron chi connectivity index (χ0n) is 13.6. The second-order valence-corrected chi connectivity index (χ2v) is 5.67. The van der Waals surface area contributed by atoms with Gasteiger partial charge in [-0.25, -0.2) is 4.98 Å². The van der Waals surface area contributed by atoms with Gasteiger partial charge in [0.05, 0.1) is 6.07 Å². The molecule has 0 aliphatic rings. The van der Waals surface area contributed by atoms with Crippen molar-refractivity contribution in [1.29, 1.82) is 5.26 Å². The van der Waals surface area contributed by atoms with Crippen LogP contribution in [0.1, 0.15) is 23.4 Å². The summed E-state index contributed by atoms with van der Waals surface area (Å²) >= 11 is 0. The highest BCUT2D eigenvalue weighted by Crippen LogP contribution is 2.35. The minimum absolute atomic E-state index is 0. The molecule has 0 unspecified atom stereocenters. The average molecular weight is 338 g/mol. The van der Waals surface area contributed by atoms with Crippen molar-refractivity contribution in [2.45, 2.75) is 25.3 Å². The number of hydrogen-bond donors (Lipinski definition) is 0. The Hall–Kier alpha value is -2.57. The molecule has 0 bridgehead atoms. The lowest BCUT2D eigenvalue weighted by atomic mass is 9.73. The molecule has 0 aliphatic heterocycles. The van der Waals surface area contributed by atoms with Gasteiger partial charge >= 0.3 is 0 Å². The Kier molecular flexibility index (Phi) is 5.78. The van der Waals surface area contributed by atoms with Crippen molar-refractivity contribution in [3.63, 3.8) is 0 Å². The van der Waals surface area contributed by atoms with E-state index >= 15 is 0 Å². The smallest absolute Gasteiger partial charge is 0.109 e. The molecule has 0 atom stereocenters. The molecule has 4 heteroatoms. The average Bonchev–Trinajstić information content (AvgIpc) is 3.03. The van der Waals surface area contributed by atoms with Crippen LogP contribution in [0.2, 0.25) is 0 Å². The Labute approximate surface area is 149 Å². The summed E-state index contributed by atoms with van der Waals surface area (Å²) in [6, 6.07) is 22.7. The first-order valence-electron chi connectivity index (χ1n) is 7.76. The highest BCUT2D eigenvalue weighted by atomic mass is 35.5. The number of hydrogen-bond acceptors (Lipinski definition) is 2. The van der Waals surface area contributed by atoms with Crippen LogP contribution in [-0.4, -0.2) is 9.55 Å². The number of imidazole rings is 1. The number of nitrogens with zero attached hydrogens (tertiary/aromatic N) is 3. The van der Waals surface area contributed by atoms with Gasteiger partial charge in [-0.2, -0.15) is 5.26 Å². The van der Waals surface area contributed by atoms with Crippen molar-refractivity contribution in [3.05, 3.63) is 90.0 Å². The molecule has 0 fully saturated rings. The topological polar surface area (TPSA) is 41.6 Å². The van der Waals surface area contributed by atoms with E-state index in [0.29, 0.717) is 6.42 Å². The molecule has 3 rings (SSSR count). The quantitative estimate of drug-likeness (QED) is 0.687. The summed E-state index contributed by atoms with van der Waals surface area (Å²) < 4.78 is 2.10. The molecule has 122 valence electrons. The summed E-state index contributed by atoms with van der Waals surface area (Å²) in [6.45, 7) is 2.74. The SMILES string of the molecule is Cc1nccn1CCC(C#N)(c1ccccc1)c1ccccc1.Cl. The fourth-order valence-electron chi connectivity index (χ4n) is 3.01. The van der Waals surface area contributed by atoms with E-state index in [1.54, 1.807) is 6.20 Å². The van der Waals surface area contributed by atoms with Crippen molar-refractivity contribution in [1.82, 2.24) is 9.55 Å². The molecule has 24 heavy (non-hydrogen) atoms. The monoisotopic (exact) mass is 337 g/mol. The number of rotatable bonds is 5. The number of halogens is 1. The van der Waals surface area contributed by atoms with E-state index in [-0.39, 0.29) is 12.4 Å². The maximum atomic E-state index is 10.1. The predicted octanol–water partition coefficient (Wildman–Crippen LogP) is 4.51. The van der Waals surface area contributed by atoms with Crippen molar-refractivity contribution < 1.29 is 0 Å². The molecule has 0 spiro atoms. The van der Waals surface area contributed by atoms with E-state index in [9.17, 15) is 5.26 Å². The first-order valence-corrected chi connectivity index (χ1v) is 7.76. The first kappa shape index (κ1) is 17.8. The van der Waals surface area contributed by atoms with E-state index in [4.69, 9.17) is 0 Å². The predicted molar refractivity (Wildman–Crippen MR) is 98.1 cm³/mol. The van der Waals surface area contributed by atoms with E-state index in [1.165, 1.54) is 0 Å². The molecule has 0 radical (unpaired) electrons. The summed E-state index contributed by atoms with van der Waals surface area (Å²) in [4.78, 5) is 4.27. The highest BCUT2D eigenvalue weighted by molar-refractivity contribution is 5.85. The van der Waals surface area contributed by atoms with Crippen molar-refractivity contribution >= 4 is 12.4 Å². The van der Waals surface area contributed by atoms with Crippen LogP contribution in [0.3, 0.4) is 0 Å². The summed E-state index contributed by atoms with van der Waals surface area (Å²) in [6.07, 6.45) is 4.47. The van der Waals surface area contributed by atoms with Crippen molar-refractivity contribution in [3.8, 4) is 6.07 Å². The van der Waals surface area contributed by atoms with Gasteiger partial charge in [-0.1, -0.05) is 60.7 Å². The van der Waals surface area contributed by atoms with Gasteiger partial charge in [-0.05, 0) is 24.5 Å². The normalized spacial score (nSPS) is 10.7. The Morgan fingerprint density at radius 1 is 1.00 bits per heavy atom. The minimum atomic E-state index is -0.654. The fourth-order valence-corrected chi connectivity index (χ4v) is 3.01. The molecule has 0 saturated heterocycles. The molecule has 3 nitrogen and oxygen atoms in total. The zero-order valence-corrected chi connectivity index (χ0v) is 14.4. The van der Waals surface area contributed by atoms with Crippen LogP contribution in [0, 0.1) is 18.3 Å². The lowest BCUT2D eigenvalue weighted by Crippen LogP contribution is -2.27. The Morgan fingerprint density at radius 3 is 1.96 bits per heavy atom. The van der Waals surface area contributed by atoms with Gasteiger partial charge in [0.25, 0.3) is 0 Å². The number of nitriles is 1. The van der Waals surface area contributed by atoms with Gasteiger partial charge in [0, 0.05) is 18.9 Å². The van der Waals surface area contributed by atoms with Crippen LogP contribution in [-0.2, 0) is 12.0 Å². The first-order chi connectivity index (χ1) is 11.3. The lowest BCUT2D eigenvalue weighted by molar-refractivity contribution is 0.514. The summed E-state index contributed by atoms with van der Waals surface area (Å²) in [5.41, 5.74) is 1.41. The summed E-state index contributed by atoms with van der Waals surface area (Å²) in [7, 11) is 0. The number of aromatic nitrogens is 2. The van der Waals surface area contributed by atoms with Crippen LogP contribution < -0.4 is 0 Å². The second kappa shape index (κ2) is 7.81. The molecular formula is C20H20ClN3. The molecular weight excluding hydrogens is 318 g/mol. The molecule has 1 aromatic heterocycles. The van der Waals surface area contributed by atoms with Crippen LogP contribution in [0.5, 0.6) is 0 Å². The number of benzene rings is 2. The minimum Gasteiger partial charge on any atom is -0.335 e. The van der Waals surface area contributed by atoms with Crippen LogP contribution >= 0.6 is 12.4 Å². The fraction of sp³-hybridized carbons (Fsp3) is 0.200. The zero-order chi connectivity index (χ0) is 16.1. The molecule has 3 aromatic rings. The third-order valence-electron chi connectivity index (χ3n) is 4.38. The molecule has 1 heterocycles. The molecule has 2 aromatic carbocycles. The van der Waals surface area contributed by atoms with Crippen molar-refractivity contribution in [2.24, 2.45) is 0 Å². The largest absolute Gasteiger partial charge is 0.335 e. The Bertz CT molecular complexity index is 764. The molecule has 0 saturated carbocycles. The third-order valence-corrected chi connectivity index (χ3v) is 4.38. The van der Waals surface area contributed by atoms with E-state index < -0.39 is 5.41 Å². The summed E-state index contributed by atoms with van der Waals surface area (Å²) in [5, 5.41) is 10.1. The lowest BCUT2D eigenvalue weighted by Gasteiger charge is -2.28. The maximum Gasteiger partial charge on any atom is 0.109 e. The van der Waals surface area contributed by atoms with Gasteiger partial charge in [-0.3, -0.25) is 0 Å². The van der Waals surface area contributed by atoms with Crippen LogP contribution in [0.4, 0.5) is 0 Å². The highest BCUT2D eigenvalue weighted by Gasteiger charge is 2.34. The molecule has 0 aliphatic carbocycles. The van der Waals surface area contributed by atoms with E-state index in [2.05, 4.69) is 15.6 Å². The second-order valence-electron chi connectivity index (χ2n) is 5.67. The van der Waals surface area contributed by atoms with E-state index in [0.717, 1.165) is 23.5 Å². The van der Waals surface area contributed by atoms with Crippen LogP contribution in [0.25, 0.3) is 0 Å². The van der Waals surface area contributed by atoms with Crippen LogP contribution in [0.15, 0.2) is 73.1 Å². The van der Waals surface area contributed by atoms with E-state index in [1.807, 2.05) is 73.8 Å². The number of aryl methyl sites for hydroxylation is 2. The molecule has 0 amide bonds. The standard InChI is InChI=1S/C20H19N3.ClH/c1-17-22-13-15-23(17)14-12-20(16-21,18-8-4-2-5-9-18)19-10-6-3-7-11-19;/h2-11,13,15H,12,14H2,1H3;1H. The van der Waals surface area contributed by atoms with Gasteiger partial charge in [0.1, 0.15) is 11.2 Å². The Balaban J connectivity index is 0.00000208. The van der Waals surface area contributed by atoms with Gasteiger partial charge < -0.3 is 4.57 Å². The van der Waals surface area contributed by atoms with Gasteiger partial charge in [-0.15, -0.1) is 12.4 Å². The van der Waals surface area contributed by atoms with Gasteiger partial charge in [0.2, 0.25) is 0 Å². The maximum absolute atomic E-state index is 10.1. The van der Waals surface area contributed by atoms with Crippen molar-refractivity contribution in [2.75, 3.05) is 0 Å². The Morgan fingerprint density at radius 2 is 1.54 bits per heavy atom. The molecule has 0 N–H and O–H groups in total. The van der Waals surface area contributed by atoms with Gasteiger partial charge in [0.15, 0.2) is 0 Å². The summed E-state index contributed by atoms with van der Waals surface area (Å²) in [5.74, 6) is 0.970. The third kappa shape index (κ3) is 3.34.